The lowest BCUT2D eigenvalue weighted by molar-refractivity contribution is 0.972. The highest BCUT2D eigenvalue weighted by molar-refractivity contribution is 5.33. The van der Waals surface area contributed by atoms with E-state index in [1.54, 1.807) is 12.4 Å². The molecule has 0 spiro atoms. The Morgan fingerprint density at radius 1 is 0.905 bits per heavy atom. The van der Waals surface area contributed by atoms with Gasteiger partial charge in [-0.2, -0.15) is 5.10 Å². The van der Waals surface area contributed by atoms with Crippen LogP contribution in [0.25, 0.3) is 0 Å². The van der Waals surface area contributed by atoms with Crippen molar-refractivity contribution in [1.29, 1.82) is 0 Å². The van der Waals surface area contributed by atoms with E-state index in [0.717, 1.165) is 18.1 Å². The first-order valence-corrected chi connectivity index (χ1v) is 6.58. The molecule has 0 unspecified atom stereocenters. The molecule has 7 heteroatoms. The molecule has 0 bridgehead atoms. The Kier molecular flexibility index (Phi) is 4.02. The van der Waals surface area contributed by atoms with E-state index < -0.39 is 0 Å². The maximum absolute atomic E-state index is 4.34. The van der Waals surface area contributed by atoms with Crippen LogP contribution >= 0.6 is 0 Å². The van der Waals surface area contributed by atoms with Gasteiger partial charge in [0.15, 0.2) is 0 Å². The predicted molar refractivity (Wildman–Crippen MR) is 79.5 cm³/mol. The number of benzene rings is 1. The normalized spacial score (nSPS) is 10.3. The Morgan fingerprint density at radius 3 is 2.52 bits per heavy atom. The lowest BCUT2D eigenvalue weighted by Gasteiger charge is -2.06. The molecule has 0 saturated carbocycles. The highest BCUT2D eigenvalue weighted by Crippen LogP contribution is 2.06. The third-order valence-electron chi connectivity index (χ3n) is 2.87. The fourth-order valence-electron chi connectivity index (χ4n) is 1.79. The third kappa shape index (κ3) is 3.75. The predicted octanol–water partition coefficient (Wildman–Crippen LogP) is 1.82. The number of hydrogen-bond acceptors (Lipinski definition) is 6. The Balaban J connectivity index is 1.52. The van der Waals surface area contributed by atoms with Crippen LogP contribution in [0.3, 0.4) is 0 Å². The monoisotopic (exact) mass is 281 g/mol. The van der Waals surface area contributed by atoms with Crippen molar-refractivity contribution in [1.82, 2.24) is 25.1 Å². The van der Waals surface area contributed by atoms with E-state index in [2.05, 4.69) is 47.9 Å². The molecule has 0 atom stereocenters. The minimum atomic E-state index is 0.543. The van der Waals surface area contributed by atoms with Gasteiger partial charge < -0.3 is 10.6 Å². The topological polar surface area (TPSA) is 91.4 Å². The lowest BCUT2D eigenvalue weighted by Crippen LogP contribution is -2.06. The quantitative estimate of drug-likeness (QED) is 0.638. The van der Waals surface area contributed by atoms with E-state index in [-0.39, 0.29) is 0 Å². The van der Waals surface area contributed by atoms with Crippen LogP contribution in [0.1, 0.15) is 11.3 Å². The summed E-state index contributed by atoms with van der Waals surface area (Å²) in [7, 11) is 0. The average Bonchev–Trinajstić information content (AvgIpc) is 3.06. The van der Waals surface area contributed by atoms with Gasteiger partial charge in [0, 0.05) is 6.54 Å². The number of hydrogen-bond donors (Lipinski definition) is 3. The van der Waals surface area contributed by atoms with Crippen molar-refractivity contribution in [2.24, 2.45) is 0 Å². The molecule has 0 aliphatic heterocycles. The number of H-pyrrole nitrogens is 1. The van der Waals surface area contributed by atoms with E-state index >= 15 is 0 Å². The number of aromatic amines is 1. The van der Waals surface area contributed by atoms with Gasteiger partial charge in [-0.1, -0.05) is 30.3 Å². The summed E-state index contributed by atoms with van der Waals surface area (Å²) in [5.74, 6) is 1.37. The minimum absolute atomic E-state index is 0.543. The molecule has 3 N–H and O–H groups in total. The van der Waals surface area contributed by atoms with E-state index in [0.29, 0.717) is 12.5 Å². The Hall–Kier alpha value is -2.96. The summed E-state index contributed by atoms with van der Waals surface area (Å²) in [6.45, 7) is 1.27. The van der Waals surface area contributed by atoms with Gasteiger partial charge in [0.1, 0.15) is 12.1 Å². The van der Waals surface area contributed by atoms with Crippen molar-refractivity contribution < 1.29 is 0 Å². The molecule has 0 amide bonds. The van der Waals surface area contributed by atoms with Gasteiger partial charge in [-0.3, -0.25) is 4.98 Å². The van der Waals surface area contributed by atoms with Gasteiger partial charge in [-0.25, -0.2) is 15.1 Å². The second-order valence-electron chi connectivity index (χ2n) is 4.42. The zero-order chi connectivity index (χ0) is 14.3. The van der Waals surface area contributed by atoms with Crippen molar-refractivity contribution in [3.05, 3.63) is 60.3 Å². The molecule has 3 aromatic rings. The van der Waals surface area contributed by atoms with Crippen molar-refractivity contribution in [3.63, 3.8) is 0 Å². The highest BCUT2D eigenvalue weighted by atomic mass is 15.3. The van der Waals surface area contributed by atoms with E-state index in [1.807, 2.05) is 18.2 Å². The second kappa shape index (κ2) is 6.47. The molecule has 7 nitrogen and oxygen atoms in total. The van der Waals surface area contributed by atoms with Crippen molar-refractivity contribution >= 4 is 11.8 Å². The third-order valence-corrected chi connectivity index (χ3v) is 2.87. The van der Waals surface area contributed by atoms with Crippen LogP contribution in [0, 0.1) is 0 Å². The summed E-state index contributed by atoms with van der Waals surface area (Å²) in [6, 6.07) is 10.2. The van der Waals surface area contributed by atoms with E-state index in [1.165, 1.54) is 11.9 Å². The molecular formula is C14H15N7. The summed E-state index contributed by atoms with van der Waals surface area (Å²) in [4.78, 5) is 12.6. The summed E-state index contributed by atoms with van der Waals surface area (Å²) >= 11 is 0. The van der Waals surface area contributed by atoms with Crippen LogP contribution in [0.2, 0.25) is 0 Å². The smallest absolute Gasteiger partial charge is 0.218 e. The molecule has 0 radical (unpaired) electrons. The molecule has 1 aromatic carbocycles. The van der Waals surface area contributed by atoms with Gasteiger partial charge in [0.25, 0.3) is 0 Å². The number of rotatable bonds is 6. The van der Waals surface area contributed by atoms with Crippen LogP contribution in [-0.4, -0.2) is 25.1 Å². The first kappa shape index (κ1) is 13.0. The fourth-order valence-corrected chi connectivity index (χ4v) is 1.79. The largest absolute Gasteiger partial charge is 0.365 e. The van der Waals surface area contributed by atoms with Crippen LogP contribution < -0.4 is 10.6 Å². The maximum Gasteiger partial charge on any atom is 0.218 e. The van der Waals surface area contributed by atoms with Crippen LogP contribution in [0.5, 0.6) is 0 Å². The lowest BCUT2D eigenvalue weighted by atomic mass is 10.2. The fraction of sp³-hybridized carbons (Fsp3) is 0.143. The van der Waals surface area contributed by atoms with Gasteiger partial charge in [0.05, 0.1) is 24.6 Å². The summed E-state index contributed by atoms with van der Waals surface area (Å²) < 4.78 is 0. The van der Waals surface area contributed by atoms with Crippen molar-refractivity contribution in [3.8, 4) is 0 Å². The molecular weight excluding hydrogens is 266 g/mol. The van der Waals surface area contributed by atoms with Crippen molar-refractivity contribution in [2.75, 3.05) is 10.6 Å². The van der Waals surface area contributed by atoms with Crippen LogP contribution in [0.4, 0.5) is 11.8 Å². The summed E-state index contributed by atoms with van der Waals surface area (Å²) in [5, 5.41) is 12.8. The molecule has 0 saturated heterocycles. The van der Waals surface area contributed by atoms with Gasteiger partial charge in [-0.05, 0) is 5.56 Å². The van der Waals surface area contributed by atoms with Gasteiger partial charge in [0.2, 0.25) is 5.95 Å². The average molecular weight is 281 g/mol. The zero-order valence-corrected chi connectivity index (χ0v) is 11.3. The standard InChI is InChI=1S/C14H15N7/c1-2-4-11(5-3-1)6-16-13-9-15-12(7-17-13)8-18-14-19-10-20-21-14/h1-5,7,9-10H,6,8H2,(H,16,17)(H2,18,19,20,21). The number of aromatic nitrogens is 5. The Bertz CT molecular complexity index is 650. The molecule has 3 rings (SSSR count). The molecule has 106 valence electrons. The molecule has 0 fully saturated rings. The number of anilines is 2. The van der Waals surface area contributed by atoms with Crippen molar-refractivity contribution in [2.45, 2.75) is 13.1 Å². The van der Waals surface area contributed by atoms with Crippen LogP contribution in [-0.2, 0) is 13.1 Å². The Morgan fingerprint density at radius 2 is 1.81 bits per heavy atom. The number of nitrogens with zero attached hydrogens (tertiary/aromatic N) is 4. The second-order valence-corrected chi connectivity index (χ2v) is 4.42. The summed E-state index contributed by atoms with van der Waals surface area (Å²) in [5.41, 5.74) is 2.03. The molecule has 2 aromatic heterocycles. The van der Waals surface area contributed by atoms with E-state index in [9.17, 15) is 0 Å². The van der Waals surface area contributed by atoms with Crippen LogP contribution in [0.15, 0.2) is 49.1 Å². The first-order chi connectivity index (χ1) is 10.4. The SMILES string of the molecule is c1ccc(CNc2cnc(CNc3ncn[nH]3)cn2)cc1. The molecule has 21 heavy (non-hydrogen) atoms. The summed E-state index contributed by atoms with van der Waals surface area (Å²) in [6.07, 6.45) is 4.90. The molecule has 0 aliphatic rings. The minimum Gasteiger partial charge on any atom is -0.365 e. The van der Waals surface area contributed by atoms with Gasteiger partial charge >= 0.3 is 0 Å². The molecule has 0 aliphatic carbocycles. The van der Waals surface area contributed by atoms with Gasteiger partial charge in [-0.15, -0.1) is 0 Å². The molecule has 2 heterocycles. The highest BCUT2D eigenvalue weighted by Gasteiger charge is 1.99. The van der Waals surface area contributed by atoms with E-state index in [4.69, 9.17) is 0 Å². The first-order valence-electron chi connectivity index (χ1n) is 6.58. The Labute approximate surface area is 121 Å². The zero-order valence-electron chi connectivity index (χ0n) is 11.3. The number of nitrogens with one attached hydrogen (secondary N) is 3. The maximum atomic E-state index is 4.34.